The van der Waals surface area contributed by atoms with Gasteiger partial charge in [-0.2, -0.15) is 0 Å². The SMILES string of the molecule is C[C@H]1OC(O)C2OC(C)(C)OC2[C@H]1O[C@@H]1OC[C@@H](OCc2ccccc2)C(O[C@@H]2OC[C@@]3(COCc4ccccc4)O[C@@H](c4ccccc4)OC23)C1OCc1ccccc1. The minimum absolute atomic E-state index is 0.0988. The second-order valence-corrected chi connectivity index (χ2v) is 16.4. The second kappa shape index (κ2) is 18.4. The molecule has 60 heavy (non-hydrogen) atoms. The predicted molar refractivity (Wildman–Crippen MR) is 214 cm³/mol. The molecule has 9 rings (SSSR count). The van der Waals surface area contributed by atoms with Crippen molar-refractivity contribution in [1.82, 2.24) is 0 Å². The quantitative estimate of drug-likeness (QED) is 0.151. The van der Waals surface area contributed by atoms with E-state index >= 15 is 0 Å². The number of fused-ring (bicyclic) bond motifs is 2. The Morgan fingerprint density at radius 3 is 1.87 bits per heavy atom. The number of ether oxygens (including phenoxy) is 12. The molecular weight excluding hydrogens is 773 g/mol. The molecule has 0 amide bonds. The Kier molecular flexibility index (Phi) is 12.8. The van der Waals surface area contributed by atoms with Gasteiger partial charge in [-0.15, -0.1) is 0 Å². The third-order valence-corrected chi connectivity index (χ3v) is 11.5. The topological polar surface area (TPSA) is 131 Å². The fourth-order valence-corrected chi connectivity index (χ4v) is 8.56. The number of aliphatic hydroxyl groups excluding tert-OH is 1. The van der Waals surface area contributed by atoms with Gasteiger partial charge in [0.25, 0.3) is 0 Å². The van der Waals surface area contributed by atoms with Gasteiger partial charge in [0.15, 0.2) is 30.9 Å². The summed E-state index contributed by atoms with van der Waals surface area (Å²) in [5.74, 6) is -0.970. The van der Waals surface area contributed by atoms with Gasteiger partial charge >= 0.3 is 0 Å². The molecule has 0 aliphatic carbocycles. The molecule has 5 aliphatic rings. The summed E-state index contributed by atoms with van der Waals surface area (Å²) in [6, 6.07) is 39.6. The van der Waals surface area contributed by atoms with Gasteiger partial charge in [0.05, 0.1) is 45.7 Å². The van der Waals surface area contributed by atoms with E-state index in [-0.39, 0.29) is 26.4 Å². The zero-order chi connectivity index (χ0) is 41.1. The lowest BCUT2D eigenvalue weighted by Gasteiger charge is -2.46. The van der Waals surface area contributed by atoms with Crippen molar-refractivity contribution < 1.29 is 61.9 Å². The molecule has 5 fully saturated rings. The van der Waals surface area contributed by atoms with Crippen molar-refractivity contribution in [3.05, 3.63) is 144 Å². The van der Waals surface area contributed by atoms with Gasteiger partial charge in [-0.05, 0) is 37.5 Å². The minimum atomic E-state index is -1.19. The highest BCUT2D eigenvalue weighted by Gasteiger charge is 2.62. The summed E-state index contributed by atoms with van der Waals surface area (Å²) in [5.41, 5.74) is 2.85. The zero-order valence-electron chi connectivity index (χ0n) is 34.1. The van der Waals surface area contributed by atoms with E-state index in [1.165, 1.54) is 0 Å². The molecule has 0 aromatic heterocycles. The molecule has 6 unspecified atom stereocenters. The van der Waals surface area contributed by atoms with Crippen LogP contribution in [0.4, 0.5) is 0 Å². The van der Waals surface area contributed by atoms with Crippen molar-refractivity contribution in [2.45, 2.75) is 126 Å². The zero-order valence-corrected chi connectivity index (χ0v) is 34.1. The van der Waals surface area contributed by atoms with Crippen molar-refractivity contribution in [1.29, 1.82) is 0 Å². The predicted octanol–water partition coefficient (Wildman–Crippen LogP) is 5.97. The van der Waals surface area contributed by atoms with Crippen LogP contribution in [-0.4, -0.2) is 104 Å². The first-order chi connectivity index (χ1) is 29.2. The summed E-state index contributed by atoms with van der Waals surface area (Å²) in [6.45, 7) is 6.78. The van der Waals surface area contributed by atoms with Gasteiger partial charge in [0, 0.05) is 5.56 Å². The molecule has 13 nitrogen and oxygen atoms in total. The standard InChI is InChI=1S/C47H54O13/c1-30-36(38-39(42(48)54-30)59-46(2,3)58-38)55-44-40(51-26-33-20-12-6-13-21-33)37(35(27-52-44)50-25-32-18-10-5-11-19-32)56-45-41-47(29-53-45,28-49-24-31-16-8-4-9-17-31)60-43(57-41)34-22-14-7-15-23-34/h4-23,30,35-45,48H,24-29H2,1-3H3/t30-,35-,36+,37?,38?,39?,40?,41?,42?,43+,44+,45+,47-/m1/s1. The van der Waals surface area contributed by atoms with E-state index in [4.69, 9.17) is 56.8 Å². The van der Waals surface area contributed by atoms with Gasteiger partial charge in [0.1, 0.15) is 48.3 Å². The molecule has 5 aliphatic heterocycles. The Balaban J connectivity index is 1.02. The lowest BCUT2D eigenvalue weighted by atomic mass is 9.98. The highest BCUT2D eigenvalue weighted by molar-refractivity contribution is 5.19. The molecule has 4 aromatic carbocycles. The Hall–Kier alpha value is -3.64. The lowest BCUT2D eigenvalue weighted by molar-refractivity contribution is -0.351. The van der Waals surface area contributed by atoms with Crippen LogP contribution in [0.15, 0.2) is 121 Å². The maximum Gasteiger partial charge on any atom is 0.187 e. The molecule has 0 radical (unpaired) electrons. The summed E-state index contributed by atoms with van der Waals surface area (Å²) in [5, 5.41) is 10.8. The van der Waals surface area contributed by atoms with Crippen LogP contribution in [0.1, 0.15) is 49.3 Å². The van der Waals surface area contributed by atoms with Gasteiger partial charge < -0.3 is 61.9 Å². The number of hydrogen-bond donors (Lipinski definition) is 1. The van der Waals surface area contributed by atoms with Crippen molar-refractivity contribution in [3.8, 4) is 0 Å². The van der Waals surface area contributed by atoms with Crippen LogP contribution >= 0.6 is 0 Å². The fraction of sp³-hybridized carbons (Fsp3) is 0.489. The van der Waals surface area contributed by atoms with Crippen molar-refractivity contribution in [2.24, 2.45) is 0 Å². The average molecular weight is 827 g/mol. The molecule has 4 aromatic rings. The molecular formula is C47H54O13. The molecule has 1 N–H and O–H groups in total. The number of rotatable bonds is 15. The summed E-state index contributed by atoms with van der Waals surface area (Å²) in [7, 11) is 0. The maximum absolute atomic E-state index is 10.8. The molecule has 0 bridgehead atoms. The van der Waals surface area contributed by atoms with E-state index in [0.717, 1.165) is 22.3 Å². The molecule has 5 saturated heterocycles. The first kappa shape index (κ1) is 41.7. The summed E-state index contributed by atoms with van der Waals surface area (Å²) in [4.78, 5) is 0. The number of hydrogen-bond acceptors (Lipinski definition) is 13. The van der Waals surface area contributed by atoms with Crippen molar-refractivity contribution in [3.63, 3.8) is 0 Å². The van der Waals surface area contributed by atoms with E-state index in [2.05, 4.69) is 0 Å². The monoisotopic (exact) mass is 826 g/mol. The molecule has 5 heterocycles. The maximum atomic E-state index is 10.8. The summed E-state index contributed by atoms with van der Waals surface area (Å²) >= 11 is 0. The van der Waals surface area contributed by atoms with E-state index < -0.39 is 85.4 Å². The molecule has 0 spiro atoms. The van der Waals surface area contributed by atoms with Crippen LogP contribution in [0.5, 0.6) is 0 Å². The highest BCUT2D eigenvalue weighted by Crippen LogP contribution is 2.46. The van der Waals surface area contributed by atoms with Gasteiger partial charge in [-0.25, -0.2) is 0 Å². The van der Waals surface area contributed by atoms with E-state index in [9.17, 15) is 5.11 Å². The molecule has 13 atom stereocenters. The molecule has 320 valence electrons. The summed E-state index contributed by atoms with van der Waals surface area (Å²) in [6.07, 6.45) is -9.50. The van der Waals surface area contributed by atoms with Crippen molar-refractivity contribution in [2.75, 3.05) is 19.8 Å². The third kappa shape index (κ3) is 9.25. The van der Waals surface area contributed by atoms with Gasteiger partial charge in [0.2, 0.25) is 0 Å². The van der Waals surface area contributed by atoms with Crippen LogP contribution in [-0.2, 0) is 76.7 Å². The highest BCUT2D eigenvalue weighted by atomic mass is 16.8. The number of benzene rings is 4. The Morgan fingerprint density at radius 2 is 1.20 bits per heavy atom. The average Bonchev–Trinajstić information content (AvgIpc) is 3.92. The van der Waals surface area contributed by atoms with E-state index in [1.54, 1.807) is 13.8 Å². The van der Waals surface area contributed by atoms with E-state index in [1.807, 2.05) is 128 Å². The van der Waals surface area contributed by atoms with Gasteiger partial charge in [-0.3, -0.25) is 0 Å². The first-order valence-electron chi connectivity index (χ1n) is 20.8. The van der Waals surface area contributed by atoms with Crippen LogP contribution < -0.4 is 0 Å². The van der Waals surface area contributed by atoms with Crippen LogP contribution in [0.3, 0.4) is 0 Å². The lowest BCUT2D eigenvalue weighted by Crippen LogP contribution is -2.62. The van der Waals surface area contributed by atoms with Crippen molar-refractivity contribution >= 4 is 0 Å². The second-order valence-electron chi connectivity index (χ2n) is 16.4. The Bertz CT molecular complexity index is 1940. The largest absolute Gasteiger partial charge is 0.374 e. The smallest absolute Gasteiger partial charge is 0.187 e. The molecule has 0 saturated carbocycles. The minimum Gasteiger partial charge on any atom is -0.374 e. The van der Waals surface area contributed by atoms with Gasteiger partial charge in [-0.1, -0.05) is 121 Å². The van der Waals surface area contributed by atoms with Crippen LogP contribution in [0, 0.1) is 0 Å². The van der Waals surface area contributed by atoms with Crippen LogP contribution in [0.25, 0.3) is 0 Å². The van der Waals surface area contributed by atoms with E-state index in [0.29, 0.717) is 13.2 Å². The van der Waals surface area contributed by atoms with Crippen LogP contribution in [0.2, 0.25) is 0 Å². The first-order valence-corrected chi connectivity index (χ1v) is 20.8. The third-order valence-electron chi connectivity index (χ3n) is 11.5. The molecule has 13 heteroatoms. The number of aliphatic hydroxyl groups is 1. The Labute approximate surface area is 350 Å². The normalized spacial score (nSPS) is 35.9. The summed E-state index contributed by atoms with van der Waals surface area (Å²) < 4.78 is 78.6. The fourth-order valence-electron chi connectivity index (χ4n) is 8.56. The Morgan fingerprint density at radius 1 is 0.617 bits per heavy atom.